The van der Waals surface area contributed by atoms with Gasteiger partial charge in [0.1, 0.15) is 12.5 Å². The minimum Gasteiger partial charge on any atom is -0.276 e. The van der Waals surface area contributed by atoms with Crippen LogP contribution >= 0.6 is 0 Å². The van der Waals surface area contributed by atoms with Crippen LogP contribution in [0, 0.1) is 5.92 Å². The molecule has 16 heavy (non-hydrogen) atoms. The predicted octanol–water partition coefficient (Wildman–Crippen LogP) is 2.31. The molecule has 0 aliphatic carbocycles. The van der Waals surface area contributed by atoms with Gasteiger partial charge in [-0.3, -0.25) is 9.91 Å². The third-order valence-electron chi connectivity index (χ3n) is 2.29. The molecule has 1 rings (SSSR count). The molecule has 0 saturated heterocycles. The van der Waals surface area contributed by atoms with Gasteiger partial charge in [-0.15, -0.1) is 0 Å². The fourth-order valence-electron chi connectivity index (χ4n) is 1.59. The van der Waals surface area contributed by atoms with Crippen molar-refractivity contribution in [3.8, 4) is 0 Å². The molecule has 1 heterocycles. The van der Waals surface area contributed by atoms with Gasteiger partial charge < -0.3 is 0 Å². The van der Waals surface area contributed by atoms with Gasteiger partial charge in [0.25, 0.3) is 0 Å². The van der Waals surface area contributed by atoms with Crippen molar-refractivity contribution < 1.29 is 22.0 Å². The minimum absolute atomic E-state index is 0.0579. The van der Waals surface area contributed by atoms with E-state index in [0.29, 0.717) is 6.34 Å². The zero-order chi connectivity index (χ0) is 12.7. The largest absolute Gasteiger partial charge is 0.475 e. The molecule has 0 aromatic carbocycles. The summed E-state index contributed by atoms with van der Waals surface area (Å²) < 4.78 is 62.7. The molecule has 0 amide bonds. The van der Waals surface area contributed by atoms with Crippen LogP contribution in [0.15, 0.2) is 5.10 Å². The number of hydrazone groups is 1. The maximum Gasteiger partial charge on any atom is 0.475 e. The van der Waals surface area contributed by atoms with Crippen LogP contribution in [0.4, 0.5) is 22.0 Å². The first-order valence-corrected chi connectivity index (χ1v) is 4.59. The maximum absolute atomic E-state index is 13.1. The van der Waals surface area contributed by atoms with Gasteiger partial charge in [-0.1, -0.05) is 13.8 Å². The first kappa shape index (κ1) is 13.0. The Balaban J connectivity index is 3.00. The first-order valence-electron chi connectivity index (χ1n) is 4.59. The van der Waals surface area contributed by atoms with Crippen LogP contribution in [0.3, 0.4) is 0 Å². The van der Waals surface area contributed by atoms with Crippen molar-refractivity contribution in [3.63, 3.8) is 0 Å². The second-order valence-corrected chi connectivity index (χ2v) is 3.91. The lowest BCUT2D eigenvalue weighted by Gasteiger charge is -2.36. The predicted molar refractivity (Wildman–Crippen MR) is 47.7 cm³/mol. The number of nitrogens with zero attached hydrogens (tertiary/aromatic N) is 3. The highest BCUT2D eigenvalue weighted by molar-refractivity contribution is 5.58. The Morgan fingerprint density at radius 3 is 2.06 bits per heavy atom. The Labute approximate surface area is 89.5 Å². The highest BCUT2D eigenvalue weighted by Crippen LogP contribution is 2.41. The van der Waals surface area contributed by atoms with Crippen molar-refractivity contribution in [2.75, 3.05) is 7.05 Å². The van der Waals surface area contributed by atoms with E-state index in [9.17, 15) is 22.0 Å². The molecular formula is C8H12F5N3. The quantitative estimate of drug-likeness (QED) is 0.549. The van der Waals surface area contributed by atoms with Gasteiger partial charge >= 0.3 is 12.2 Å². The first-order chi connectivity index (χ1) is 7.09. The van der Waals surface area contributed by atoms with E-state index in [2.05, 4.69) is 5.10 Å². The second kappa shape index (κ2) is 3.74. The average Bonchev–Trinajstić information content (AvgIpc) is 2.45. The van der Waals surface area contributed by atoms with Crippen LogP contribution in [0.25, 0.3) is 0 Å². The fourth-order valence-corrected chi connectivity index (χ4v) is 1.59. The third kappa shape index (κ3) is 1.92. The Morgan fingerprint density at radius 1 is 1.19 bits per heavy atom. The summed E-state index contributed by atoms with van der Waals surface area (Å²) in [7, 11) is 1.35. The van der Waals surface area contributed by atoms with E-state index < -0.39 is 24.3 Å². The summed E-state index contributed by atoms with van der Waals surface area (Å²) in [4.78, 5) is -0.0579. The van der Waals surface area contributed by atoms with Gasteiger partial charge in [-0.2, -0.15) is 27.1 Å². The molecule has 0 radical (unpaired) electrons. The fraction of sp³-hybridized carbons (Fsp3) is 0.875. The lowest BCUT2D eigenvalue weighted by Crippen LogP contribution is -2.57. The Kier molecular flexibility index (Phi) is 3.04. The third-order valence-corrected chi connectivity index (χ3v) is 2.29. The Bertz CT molecular complexity index is 286. The summed E-state index contributed by atoms with van der Waals surface area (Å²) >= 11 is 0. The van der Waals surface area contributed by atoms with Crippen molar-refractivity contribution in [1.29, 1.82) is 0 Å². The zero-order valence-corrected chi connectivity index (χ0v) is 8.96. The summed E-state index contributed by atoms with van der Waals surface area (Å²) in [5.41, 5.74) is 0. The van der Waals surface area contributed by atoms with Crippen molar-refractivity contribution in [3.05, 3.63) is 0 Å². The van der Waals surface area contributed by atoms with E-state index in [-0.39, 0.29) is 4.90 Å². The summed E-state index contributed by atoms with van der Waals surface area (Å²) in [6.45, 7) is 3.10. The minimum atomic E-state index is -5.61. The molecular weight excluding hydrogens is 233 g/mol. The molecule has 1 aliphatic heterocycles. The summed E-state index contributed by atoms with van der Waals surface area (Å²) in [6.07, 6.45) is -6.19. The molecule has 0 aromatic rings. The summed E-state index contributed by atoms with van der Waals surface area (Å²) in [5.74, 6) is -0.416. The van der Waals surface area contributed by atoms with Gasteiger partial charge in [0.05, 0.1) is 0 Å². The molecule has 0 spiro atoms. The van der Waals surface area contributed by atoms with Crippen molar-refractivity contribution >= 4 is 6.34 Å². The second-order valence-electron chi connectivity index (χ2n) is 3.91. The number of hydrogen-bond acceptors (Lipinski definition) is 3. The highest BCUT2D eigenvalue weighted by atomic mass is 19.4. The molecule has 94 valence electrons. The van der Waals surface area contributed by atoms with Gasteiger partial charge in [0, 0.05) is 7.05 Å². The molecule has 1 aliphatic rings. The van der Waals surface area contributed by atoms with Gasteiger partial charge in [0.2, 0.25) is 0 Å². The van der Waals surface area contributed by atoms with Crippen molar-refractivity contribution in [2.45, 2.75) is 32.2 Å². The van der Waals surface area contributed by atoms with Crippen LogP contribution in [0.5, 0.6) is 0 Å². The molecule has 0 bridgehead atoms. The highest BCUT2D eigenvalue weighted by Gasteiger charge is 2.64. The smallest absolute Gasteiger partial charge is 0.276 e. The molecule has 8 heteroatoms. The molecule has 1 atom stereocenters. The molecule has 0 saturated carbocycles. The van der Waals surface area contributed by atoms with E-state index in [1.807, 2.05) is 0 Å². The lowest BCUT2D eigenvalue weighted by molar-refractivity contribution is -0.335. The zero-order valence-electron chi connectivity index (χ0n) is 8.96. The topological polar surface area (TPSA) is 18.8 Å². The molecule has 0 aromatic heterocycles. The van der Waals surface area contributed by atoms with E-state index in [1.165, 1.54) is 7.05 Å². The van der Waals surface area contributed by atoms with E-state index in [1.54, 1.807) is 13.8 Å². The monoisotopic (exact) mass is 245 g/mol. The molecule has 0 N–H and O–H groups in total. The summed E-state index contributed by atoms with van der Waals surface area (Å²) in [6, 6.07) is -4.91. The van der Waals surface area contributed by atoms with Gasteiger partial charge in [0.15, 0.2) is 0 Å². The van der Waals surface area contributed by atoms with Crippen LogP contribution in [-0.2, 0) is 0 Å². The lowest BCUT2D eigenvalue weighted by atomic mass is 10.1. The van der Waals surface area contributed by atoms with Crippen molar-refractivity contribution in [2.24, 2.45) is 11.0 Å². The normalized spacial score (nSPS) is 22.4. The Hall–Kier alpha value is -1.08. The summed E-state index contributed by atoms with van der Waals surface area (Å²) in [5, 5.41) is 4.54. The standard InChI is InChI=1S/C8H12F5N3/c1-5(2)6-15(3)14-4-16(6)8(12,13)7(9,10)11/h4-6H,1-3H3. The van der Waals surface area contributed by atoms with E-state index >= 15 is 0 Å². The van der Waals surface area contributed by atoms with Crippen LogP contribution in [0.2, 0.25) is 0 Å². The maximum atomic E-state index is 13.1. The Morgan fingerprint density at radius 2 is 1.69 bits per heavy atom. The van der Waals surface area contributed by atoms with Crippen molar-refractivity contribution in [1.82, 2.24) is 9.91 Å². The van der Waals surface area contributed by atoms with Gasteiger partial charge in [-0.25, -0.2) is 0 Å². The van der Waals surface area contributed by atoms with Crippen LogP contribution < -0.4 is 0 Å². The molecule has 0 fully saturated rings. The van der Waals surface area contributed by atoms with Crippen LogP contribution in [0.1, 0.15) is 13.8 Å². The van der Waals surface area contributed by atoms with Crippen LogP contribution in [-0.4, -0.2) is 41.7 Å². The van der Waals surface area contributed by atoms with Gasteiger partial charge in [-0.05, 0) is 5.92 Å². The molecule has 3 nitrogen and oxygen atoms in total. The molecule has 1 unspecified atom stereocenters. The van der Waals surface area contributed by atoms with E-state index in [4.69, 9.17) is 0 Å². The number of alkyl halides is 5. The number of hydrogen-bond donors (Lipinski definition) is 0. The number of halogens is 5. The SMILES string of the molecule is CC(C)C1N(C)N=CN1C(F)(F)C(F)(F)F. The number of rotatable bonds is 2. The average molecular weight is 245 g/mol. The van der Waals surface area contributed by atoms with E-state index in [0.717, 1.165) is 5.01 Å².